The minimum atomic E-state index is -0.179. The number of anilines is 1. The number of benzene rings is 1. The van der Waals surface area contributed by atoms with Crippen molar-refractivity contribution < 1.29 is 5.11 Å². The predicted molar refractivity (Wildman–Crippen MR) is 71.4 cm³/mol. The second kappa shape index (κ2) is 6.03. The molecule has 0 bridgehead atoms. The van der Waals surface area contributed by atoms with Crippen molar-refractivity contribution >= 4 is 5.69 Å². The molecule has 1 aliphatic heterocycles. The Morgan fingerprint density at radius 1 is 1.12 bits per heavy atom. The molecule has 1 unspecified atom stereocenters. The van der Waals surface area contributed by atoms with Gasteiger partial charge in [0.05, 0.1) is 6.10 Å². The zero-order valence-electron chi connectivity index (χ0n) is 10.5. The van der Waals surface area contributed by atoms with Crippen LogP contribution in [0.2, 0.25) is 0 Å². The average Bonchev–Trinajstić information content (AvgIpc) is 2.38. The minimum absolute atomic E-state index is 0.179. The van der Waals surface area contributed by atoms with Crippen LogP contribution < -0.4 is 4.90 Å². The Bertz CT molecular complexity index is 318. The largest absolute Gasteiger partial charge is 0.393 e. The van der Waals surface area contributed by atoms with Crippen molar-refractivity contribution in [3.63, 3.8) is 0 Å². The molecule has 1 fully saturated rings. The maximum absolute atomic E-state index is 9.28. The average molecular weight is 234 g/mol. The van der Waals surface area contributed by atoms with Gasteiger partial charge in [0.25, 0.3) is 0 Å². The summed E-state index contributed by atoms with van der Waals surface area (Å²) in [6.45, 7) is 7.25. The predicted octanol–water partition coefficient (Wildman–Crippen LogP) is 1.58. The van der Waals surface area contributed by atoms with Gasteiger partial charge >= 0.3 is 0 Å². The fourth-order valence-corrected chi connectivity index (χ4v) is 2.24. The molecule has 0 aromatic heterocycles. The van der Waals surface area contributed by atoms with E-state index in [-0.39, 0.29) is 6.10 Å². The van der Waals surface area contributed by atoms with Crippen LogP contribution in [0.1, 0.15) is 13.3 Å². The van der Waals surface area contributed by atoms with Crippen LogP contribution in [0.25, 0.3) is 0 Å². The van der Waals surface area contributed by atoms with E-state index in [9.17, 15) is 5.11 Å². The quantitative estimate of drug-likeness (QED) is 0.857. The van der Waals surface area contributed by atoms with E-state index < -0.39 is 0 Å². The van der Waals surface area contributed by atoms with Crippen LogP contribution in [-0.2, 0) is 0 Å². The van der Waals surface area contributed by atoms with E-state index in [0.717, 1.165) is 39.1 Å². The standard InChI is InChI=1S/C14H22N2O/c1-13(17)7-8-15-9-11-16(12-10-15)14-5-3-2-4-6-14/h2-6,13,17H,7-12H2,1H3. The van der Waals surface area contributed by atoms with Crippen molar-refractivity contribution in [1.29, 1.82) is 0 Å². The molecule has 1 N–H and O–H groups in total. The summed E-state index contributed by atoms with van der Waals surface area (Å²) in [6, 6.07) is 10.6. The van der Waals surface area contributed by atoms with Crippen LogP contribution in [0.5, 0.6) is 0 Å². The van der Waals surface area contributed by atoms with Crippen molar-refractivity contribution in [2.75, 3.05) is 37.6 Å². The summed E-state index contributed by atoms with van der Waals surface area (Å²) in [4.78, 5) is 4.87. The number of rotatable bonds is 4. The SMILES string of the molecule is CC(O)CCN1CCN(c2ccccc2)CC1. The van der Waals surface area contributed by atoms with E-state index in [0.29, 0.717) is 0 Å². The Balaban J connectivity index is 1.78. The van der Waals surface area contributed by atoms with Crippen molar-refractivity contribution in [2.45, 2.75) is 19.4 Å². The fourth-order valence-electron chi connectivity index (χ4n) is 2.24. The Morgan fingerprint density at radius 3 is 2.35 bits per heavy atom. The molecule has 0 spiro atoms. The molecule has 2 rings (SSSR count). The van der Waals surface area contributed by atoms with Gasteiger partial charge in [0.1, 0.15) is 0 Å². The van der Waals surface area contributed by atoms with Gasteiger partial charge in [0.15, 0.2) is 0 Å². The Morgan fingerprint density at radius 2 is 1.76 bits per heavy atom. The molecule has 0 radical (unpaired) electrons. The molecular formula is C14H22N2O. The summed E-state index contributed by atoms with van der Waals surface area (Å²) >= 11 is 0. The summed E-state index contributed by atoms with van der Waals surface area (Å²) in [5.41, 5.74) is 1.32. The van der Waals surface area contributed by atoms with Crippen molar-refractivity contribution in [2.24, 2.45) is 0 Å². The number of piperazine rings is 1. The van der Waals surface area contributed by atoms with Crippen molar-refractivity contribution in [1.82, 2.24) is 4.90 Å². The van der Waals surface area contributed by atoms with Gasteiger partial charge in [-0.05, 0) is 25.5 Å². The highest BCUT2D eigenvalue weighted by molar-refractivity contribution is 5.46. The molecule has 1 saturated heterocycles. The third-order valence-electron chi connectivity index (χ3n) is 3.36. The molecule has 3 nitrogen and oxygen atoms in total. The van der Waals surface area contributed by atoms with E-state index in [4.69, 9.17) is 0 Å². The first kappa shape index (κ1) is 12.4. The van der Waals surface area contributed by atoms with Crippen LogP contribution >= 0.6 is 0 Å². The summed E-state index contributed by atoms with van der Waals surface area (Å²) in [7, 11) is 0. The lowest BCUT2D eigenvalue weighted by Crippen LogP contribution is -2.47. The third kappa shape index (κ3) is 3.72. The van der Waals surface area contributed by atoms with Crippen molar-refractivity contribution in [3.8, 4) is 0 Å². The number of para-hydroxylation sites is 1. The molecule has 1 heterocycles. The monoisotopic (exact) mass is 234 g/mol. The second-order valence-electron chi connectivity index (χ2n) is 4.80. The molecule has 0 amide bonds. The van der Waals surface area contributed by atoms with Crippen LogP contribution in [-0.4, -0.2) is 48.8 Å². The number of hydrogen-bond acceptors (Lipinski definition) is 3. The zero-order chi connectivity index (χ0) is 12.1. The summed E-state index contributed by atoms with van der Waals surface area (Å²) in [6.07, 6.45) is 0.702. The van der Waals surface area contributed by atoms with E-state index in [1.54, 1.807) is 0 Å². The van der Waals surface area contributed by atoms with Gasteiger partial charge in [0.2, 0.25) is 0 Å². The summed E-state index contributed by atoms with van der Waals surface area (Å²) < 4.78 is 0. The number of aliphatic hydroxyl groups excluding tert-OH is 1. The molecular weight excluding hydrogens is 212 g/mol. The summed E-state index contributed by atoms with van der Waals surface area (Å²) in [5.74, 6) is 0. The topological polar surface area (TPSA) is 26.7 Å². The molecule has 17 heavy (non-hydrogen) atoms. The minimum Gasteiger partial charge on any atom is -0.393 e. The highest BCUT2D eigenvalue weighted by Crippen LogP contribution is 2.15. The lowest BCUT2D eigenvalue weighted by molar-refractivity contribution is 0.153. The highest BCUT2D eigenvalue weighted by Gasteiger charge is 2.16. The first-order chi connectivity index (χ1) is 8.25. The lowest BCUT2D eigenvalue weighted by Gasteiger charge is -2.36. The fraction of sp³-hybridized carbons (Fsp3) is 0.571. The highest BCUT2D eigenvalue weighted by atomic mass is 16.3. The molecule has 0 aliphatic carbocycles. The molecule has 3 heteroatoms. The van der Waals surface area contributed by atoms with E-state index in [2.05, 4.69) is 40.1 Å². The number of hydrogen-bond donors (Lipinski definition) is 1. The van der Waals surface area contributed by atoms with E-state index >= 15 is 0 Å². The number of aliphatic hydroxyl groups is 1. The van der Waals surface area contributed by atoms with Gasteiger partial charge in [-0.2, -0.15) is 0 Å². The van der Waals surface area contributed by atoms with E-state index in [1.807, 2.05) is 6.92 Å². The van der Waals surface area contributed by atoms with Crippen LogP contribution in [0.3, 0.4) is 0 Å². The Labute approximate surface area is 104 Å². The van der Waals surface area contributed by atoms with Crippen LogP contribution in [0, 0.1) is 0 Å². The molecule has 1 atom stereocenters. The maximum atomic E-state index is 9.28. The summed E-state index contributed by atoms with van der Waals surface area (Å²) in [5, 5.41) is 9.28. The van der Waals surface area contributed by atoms with Crippen molar-refractivity contribution in [3.05, 3.63) is 30.3 Å². The molecule has 1 aromatic carbocycles. The lowest BCUT2D eigenvalue weighted by atomic mass is 10.2. The van der Waals surface area contributed by atoms with Crippen LogP contribution in [0.15, 0.2) is 30.3 Å². The van der Waals surface area contributed by atoms with Gasteiger partial charge in [0, 0.05) is 38.4 Å². The molecule has 94 valence electrons. The normalized spacial score (nSPS) is 19.3. The van der Waals surface area contributed by atoms with Gasteiger partial charge in [-0.3, -0.25) is 4.90 Å². The Hall–Kier alpha value is -1.06. The number of nitrogens with zero attached hydrogens (tertiary/aromatic N) is 2. The first-order valence-electron chi connectivity index (χ1n) is 6.46. The smallest absolute Gasteiger partial charge is 0.0524 e. The van der Waals surface area contributed by atoms with Crippen LogP contribution in [0.4, 0.5) is 5.69 Å². The first-order valence-corrected chi connectivity index (χ1v) is 6.46. The molecule has 1 aliphatic rings. The third-order valence-corrected chi connectivity index (χ3v) is 3.36. The van der Waals surface area contributed by atoms with Gasteiger partial charge in [-0.1, -0.05) is 18.2 Å². The molecule has 0 saturated carbocycles. The Kier molecular flexibility index (Phi) is 4.40. The maximum Gasteiger partial charge on any atom is 0.0524 e. The van der Waals surface area contributed by atoms with Gasteiger partial charge in [-0.15, -0.1) is 0 Å². The molecule has 1 aromatic rings. The van der Waals surface area contributed by atoms with Gasteiger partial charge < -0.3 is 10.0 Å². The van der Waals surface area contributed by atoms with E-state index in [1.165, 1.54) is 5.69 Å². The van der Waals surface area contributed by atoms with Gasteiger partial charge in [-0.25, -0.2) is 0 Å². The second-order valence-corrected chi connectivity index (χ2v) is 4.80. The zero-order valence-corrected chi connectivity index (χ0v) is 10.5.